The summed E-state index contributed by atoms with van der Waals surface area (Å²) in [6.45, 7) is 0.550. The Labute approximate surface area is 214 Å². The lowest BCUT2D eigenvalue weighted by Gasteiger charge is -2.29. The van der Waals surface area contributed by atoms with Crippen LogP contribution in [0.5, 0.6) is 0 Å². The van der Waals surface area contributed by atoms with E-state index in [9.17, 15) is 40.0 Å². The number of rotatable bonds is 5. The van der Waals surface area contributed by atoms with E-state index < -0.39 is 57.7 Å². The minimum absolute atomic E-state index is 0.0960. The van der Waals surface area contributed by atoms with Gasteiger partial charge < -0.3 is 4.90 Å². The molecule has 2 aromatic carbocycles. The quantitative estimate of drug-likeness (QED) is 0.279. The van der Waals surface area contributed by atoms with Crippen molar-refractivity contribution in [1.29, 1.82) is 5.26 Å². The molecule has 0 aliphatic carbocycles. The third-order valence-corrected chi connectivity index (χ3v) is 9.02. The zero-order valence-electron chi connectivity index (χ0n) is 17.8. The van der Waals surface area contributed by atoms with E-state index in [1.807, 2.05) is 6.19 Å². The Bertz CT molecular complexity index is 1260. The molecule has 2 aromatic rings. The van der Waals surface area contributed by atoms with Crippen LogP contribution in [0.3, 0.4) is 0 Å². The van der Waals surface area contributed by atoms with Crippen molar-refractivity contribution in [3.63, 3.8) is 0 Å². The normalized spacial score (nSPS) is 19.3. The second-order valence-corrected chi connectivity index (χ2v) is 11.6. The van der Waals surface area contributed by atoms with E-state index in [0.29, 0.717) is 22.7 Å². The first-order valence-electron chi connectivity index (χ1n) is 9.96. The van der Waals surface area contributed by atoms with Crippen molar-refractivity contribution in [1.82, 2.24) is 9.21 Å². The molecule has 0 radical (unpaired) electrons. The topological polar surface area (TPSA) is 64.4 Å². The highest BCUT2D eigenvalue weighted by atomic mass is 79.9. The summed E-state index contributed by atoms with van der Waals surface area (Å²) in [6.07, 6.45) is -7.96. The maximum absolute atomic E-state index is 13.7. The SMILES string of the molecule is C[C@H]1C[C@@H](N(Cc2cc(C(F)(F)F)ccc2C(F)(F)F)S(=O)(=O)c2cc(Br)ccc2Br)CN1C#N. The predicted molar refractivity (Wildman–Crippen MR) is 121 cm³/mol. The van der Waals surface area contributed by atoms with Crippen molar-refractivity contribution in [3.05, 3.63) is 62.0 Å². The smallest absolute Gasteiger partial charge is 0.306 e. The largest absolute Gasteiger partial charge is 0.416 e. The number of nitriles is 1. The summed E-state index contributed by atoms with van der Waals surface area (Å²) >= 11 is 6.29. The van der Waals surface area contributed by atoms with Gasteiger partial charge in [-0.2, -0.15) is 35.9 Å². The van der Waals surface area contributed by atoms with Gasteiger partial charge in [0.2, 0.25) is 10.0 Å². The first kappa shape index (κ1) is 27.8. The van der Waals surface area contributed by atoms with E-state index in [4.69, 9.17) is 0 Å². The lowest BCUT2D eigenvalue weighted by atomic mass is 10.0. The average molecular weight is 649 g/mol. The molecule has 0 saturated carbocycles. The molecule has 0 unspecified atom stereocenters. The number of hydrogen-bond donors (Lipinski definition) is 0. The van der Waals surface area contributed by atoms with E-state index in [1.165, 1.54) is 23.1 Å². The minimum Gasteiger partial charge on any atom is -0.306 e. The molecule has 35 heavy (non-hydrogen) atoms. The maximum Gasteiger partial charge on any atom is 0.416 e. The highest BCUT2D eigenvalue weighted by Gasteiger charge is 2.42. The van der Waals surface area contributed by atoms with Gasteiger partial charge in [-0.25, -0.2) is 8.42 Å². The van der Waals surface area contributed by atoms with Crippen LogP contribution in [0.15, 0.2) is 50.2 Å². The summed E-state index contributed by atoms with van der Waals surface area (Å²) in [7, 11) is -4.53. The van der Waals surface area contributed by atoms with Gasteiger partial charge >= 0.3 is 12.4 Å². The lowest BCUT2D eigenvalue weighted by Crippen LogP contribution is -2.41. The van der Waals surface area contributed by atoms with Gasteiger partial charge in [0.15, 0.2) is 6.19 Å². The molecule has 190 valence electrons. The molecular formula is C21H17Br2F6N3O2S. The number of benzene rings is 2. The molecule has 0 bridgehead atoms. The molecule has 1 saturated heterocycles. The van der Waals surface area contributed by atoms with Gasteiger partial charge in [-0.1, -0.05) is 15.9 Å². The van der Waals surface area contributed by atoms with Crippen LogP contribution in [0.4, 0.5) is 26.3 Å². The Morgan fingerprint density at radius 3 is 2.29 bits per heavy atom. The fourth-order valence-electron chi connectivity index (χ4n) is 3.91. The molecule has 0 aromatic heterocycles. The molecule has 14 heteroatoms. The molecule has 0 N–H and O–H groups in total. The van der Waals surface area contributed by atoms with Crippen molar-refractivity contribution in [2.75, 3.05) is 6.54 Å². The molecule has 0 spiro atoms. The van der Waals surface area contributed by atoms with Crippen molar-refractivity contribution in [3.8, 4) is 6.19 Å². The molecular weight excluding hydrogens is 632 g/mol. The van der Waals surface area contributed by atoms with E-state index in [0.717, 1.165) is 4.31 Å². The first-order chi connectivity index (χ1) is 16.1. The summed E-state index contributed by atoms with van der Waals surface area (Å²) in [5.41, 5.74) is -3.55. The predicted octanol–water partition coefficient (Wildman–Crippen LogP) is 6.38. The number of halogens is 8. The summed E-state index contributed by atoms with van der Waals surface area (Å²) in [5.74, 6) is 0. The van der Waals surface area contributed by atoms with Gasteiger partial charge in [-0.05, 0) is 71.2 Å². The highest BCUT2D eigenvalue weighted by Crippen LogP contribution is 2.39. The van der Waals surface area contributed by atoms with Gasteiger partial charge in [0.05, 0.1) is 16.0 Å². The van der Waals surface area contributed by atoms with Crippen LogP contribution in [-0.4, -0.2) is 36.3 Å². The van der Waals surface area contributed by atoms with Crippen LogP contribution in [0.25, 0.3) is 0 Å². The van der Waals surface area contributed by atoms with Crippen LogP contribution in [0.1, 0.15) is 30.0 Å². The monoisotopic (exact) mass is 647 g/mol. The number of sulfonamides is 1. The molecule has 2 atom stereocenters. The van der Waals surface area contributed by atoms with Crippen LogP contribution in [0.2, 0.25) is 0 Å². The Morgan fingerprint density at radius 2 is 1.74 bits per heavy atom. The zero-order valence-corrected chi connectivity index (χ0v) is 21.8. The highest BCUT2D eigenvalue weighted by molar-refractivity contribution is 9.11. The van der Waals surface area contributed by atoms with Crippen molar-refractivity contribution < 1.29 is 34.8 Å². The third-order valence-electron chi connectivity index (χ3n) is 5.63. The molecule has 0 amide bonds. The van der Waals surface area contributed by atoms with E-state index in [1.54, 1.807) is 6.92 Å². The van der Waals surface area contributed by atoms with Crippen LogP contribution in [0, 0.1) is 11.5 Å². The first-order valence-corrected chi connectivity index (χ1v) is 13.0. The van der Waals surface area contributed by atoms with Crippen molar-refractivity contribution in [2.24, 2.45) is 0 Å². The molecule has 3 rings (SSSR count). The summed E-state index contributed by atoms with van der Waals surface area (Å²) in [5, 5.41) is 9.32. The summed E-state index contributed by atoms with van der Waals surface area (Å²) < 4.78 is 110. The fourth-order valence-corrected chi connectivity index (χ4v) is 6.98. The number of nitrogens with zero attached hydrogens (tertiary/aromatic N) is 3. The Balaban J connectivity index is 2.20. The average Bonchev–Trinajstić information content (AvgIpc) is 3.12. The second-order valence-electron chi connectivity index (χ2n) is 7.98. The molecule has 1 heterocycles. The molecule has 1 fully saturated rings. The van der Waals surface area contributed by atoms with E-state index >= 15 is 0 Å². The number of hydrogen-bond acceptors (Lipinski definition) is 4. The van der Waals surface area contributed by atoms with Gasteiger partial charge in [0.1, 0.15) is 0 Å². The number of likely N-dealkylation sites (tertiary alicyclic amines) is 1. The standard InChI is InChI=1S/C21H17Br2F6N3O2S/c1-12-6-16(10-31(12)11-30)32(35(33,34)19-8-15(22)3-5-18(19)23)9-13-7-14(20(24,25)26)2-4-17(13)21(27,28)29/h2-5,7-8,12,16H,6,9-10H2,1H3/t12-,16+/m0/s1. The molecule has 1 aliphatic heterocycles. The van der Waals surface area contributed by atoms with Crippen LogP contribution in [-0.2, 0) is 28.9 Å². The van der Waals surface area contributed by atoms with Crippen molar-refractivity contribution in [2.45, 2.75) is 49.2 Å². The van der Waals surface area contributed by atoms with Crippen LogP contribution < -0.4 is 0 Å². The van der Waals surface area contributed by atoms with Gasteiger partial charge in [-0.15, -0.1) is 0 Å². The van der Waals surface area contributed by atoms with Crippen molar-refractivity contribution >= 4 is 41.9 Å². The maximum atomic E-state index is 13.7. The Hall–Kier alpha value is -1.82. The molecule has 1 aliphatic rings. The second kappa shape index (κ2) is 9.91. The van der Waals surface area contributed by atoms with Gasteiger partial charge in [0, 0.05) is 34.1 Å². The van der Waals surface area contributed by atoms with Gasteiger partial charge in [-0.3, -0.25) is 0 Å². The summed E-state index contributed by atoms with van der Waals surface area (Å²) in [4.78, 5) is 0.996. The zero-order chi connectivity index (χ0) is 26.3. The minimum atomic E-state index is -5.02. The Morgan fingerprint density at radius 1 is 1.09 bits per heavy atom. The summed E-state index contributed by atoms with van der Waals surface area (Å²) in [6, 6.07) is 3.75. The Kier molecular flexibility index (Phi) is 7.86. The van der Waals surface area contributed by atoms with Crippen LogP contribution >= 0.6 is 31.9 Å². The van der Waals surface area contributed by atoms with E-state index in [-0.39, 0.29) is 22.3 Å². The van der Waals surface area contributed by atoms with E-state index in [2.05, 4.69) is 31.9 Å². The fraction of sp³-hybridized carbons (Fsp3) is 0.381. The lowest BCUT2D eigenvalue weighted by molar-refractivity contribution is -0.142. The van der Waals surface area contributed by atoms with Gasteiger partial charge in [0.25, 0.3) is 0 Å². The molecule has 5 nitrogen and oxygen atoms in total. The third kappa shape index (κ3) is 5.95. The number of alkyl halides is 6.